The van der Waals surface area contributed by atoms with Crippen LogP contribution in [0.4, 0.5) is 0 Å². The molecule has 0 aliphatic rings. The van der Waals surface area contributed by atoms with Crippen molar-refractivity contribution in [2.45, 2.75) is 13.5 Å². The molecule has 1 amide bonds. The first kappa shape index (κ1) is 23.4. The average molecular weight is 569 g/mol. The Labute approximate surface area is 204 Å². The topological polar surface area (TPSA) is 59.9 Å². The van der Waals surface area contributed by atoms with E-state index in [1.165, 1.54) is 0 Å². The van der Waals surface area contributed by atoms with Crippen LogP contribution in [-0.4, -0.2) is 19.2 Å². The molecule has 160 valence electrons. The van der Waals surface area contributed by atoms with E-state index in [0.717, 1.165) is 20.3 Å². The molecular formula is C23H19Cl2IN2O3. The molecule has 0 aliphatic heterocycles. The molecule has 3 aromatic rings. The van der Waals surface area contributed by atoms with Gasteiger partial charge in [-0.3, -0.25) is 4.79 Å². The molecule has 0 bridgehead atoms. The van der Waals surface area contributed by atoms with Crippen molar-refractivity contribution in [1.82, 2.24) is 5.43 Å². The third-order valence-electron chi connectivity index (χ3n) is 4.41. The molecule has 0 fully saturated rings. The van der Waals surface area contributed by atoms with E-state index in [4.69, 9.17) is 32.7 Å². The fourth-order valence-corrected chi connectivity index (χ4v) is 4.04. The van der Waals surface area contributed by atoms with Gasteiger partial charge in [-0.15, -0.1) is 0 Å². The summed E-state index contributed by atoms with van der Waals surface area (Å²) in [7, 11) is 1.56. The number of benzene rings is 3. The lowest BCUT2D eigenvalue weighted by Gasteiger charge is -2.14. The van der Waals surface area contributed by atoms with Gasteiger partial charge in [-0.1, -0.05) is 47.5 Å². The van der Waals surface area contributed by atoms with E-state index in [0.29, 0.717) is 27.1 Å². The third kappa shape index (κ3) is 6.12. The number of halogens is 3. The summed E-state index contributed by atoms with van der Waals surface area (Å²) in [5, 5.41) is 5.17. The molecule has 0 atom stereocenters. The number of hydrogen-bond acceptors (Lipinski definition) is 4. The van der Waals surface area contributed by atoms with E-state index in [-0.39, 0.29) is 12.5 Å². The van der Waals surface area contributed by atoms with Crippen LogP contribution in [0.15, 0.2) is 59.7 Å². The van der Waals surface area contributed by atoms with Crippen LogP contribution in [0.25, 0.3) is 0 Å². The summed E-state index contributed by atoms with van der Waals surface area (Å²) in [5.41, 5.74) is 5.58. The number of nitrogens with zero attached hydrogens (tertiary/aromatic N) is 1. The molecular weight excluding hydrogens is 550 g/mol. The Bertz CT molecular complexity index is 1140. The lowest BCUT2D eigenvalue weighted by molar-refractivity contribution is 0.0954. The first-order valence-electron chi connectivity index (χ1n) is 9.22. The molecule has 5 nitrogen and oxygen atoms in total. The summed E-state index contributed by atoms with van der Waals surface area (Å²) in [6, 6.07) is 16.3. The highest BCUT2D eigenvalue weighted by Crippen LogP contribution is 2.34. The second-order valence-corrected chi connectivity index (χ2v) is 8.58. The van der Waals surface area contributed by atoms with Crippen LogP contribution in [0.2, 0.25) is 10.0 Å². The van der Waals surface area contributed by atoms with Crippen LogP contribution in [0.5, 0.6) is 11.5 Å². The molecule has 0 radical (unpaired) electrons. The van der Waals surface area contributed by atoms with Crippen molar-refractivity contribution < 1.29 is 14.3 Å². The van der Waals surface area contributed by atoms with Gasteiger partial charge in [0.05, 0.1) is 16.9 Å². The van der Waals surface area contributed by atoms with Crippen LogP contribution in [0.3, 0.4) is 0 Å². The van der Waals surface area contributed by atoms with E-state index in [9.17, 15) is 4.79 Å². The van der Waals surface area contributed by atoms with Gasteiger partial charge >= 0.3 is 0 Å². The number of carbonyl (C=O) groups excluding carboxylic acids is 1. The number of nitrogens with one attached hydrogen (secondary N) is 1. The van der Waals surface area contributed by atoms with Crippen molar-refractivity contribution in [3.05, 3.63) is 90.5 Å². The summed E-state index contributed by atoms with van der Waals surface area (Å²) >= 11 is 14.3. The highest BCUT2D eigenvalue weighted by Gasteiger charge is 2.13. The van der Waals surface area contributed by atoms with Gasteiger partial charge in [0, 0.05) is 21.2 Å². The molecule has 31 heavy (non-hydrogen) atoms. The van der Waals surface area contributed by atoms with Gasteiger partial charge in [-0.25, -0.2) is 5.43 Å². The van der Waals surface area contributed by atoms with Crippen molar-refractivity contribution in [3.8, 4) is 11.5 Å². The molecule has 0 heterocycles. The summed E-state index contributed by atoms with van der Waals surface area (Å²) in [4.78, 5) is 12.3. The Balaban J connectivity index is 1.72. The van der Waals surface area contributed by atoms with E-state index in [2.05, 4.69) is 33.1 Å². The second-order valence-electron chi connectivity index (χ2n) is 6.57. The number of hydrogen-bond donors (Lipinski definition) is 1. The fraction of sp³-hybridized carbons (Fsp3) is 0.130. The Morgan fingerprint density at radius 3 is 2.65 bits per heavy atom. The Morgan fingerprint density at radius 2 is 1.94 bits per heavy atom. The number of hydrazone groups is 1. The number of carbonyl (C=O) groups is 1. The lowest BCUT2D eigenvalue weighted by atomic mass is 10.1. The molecule has 8 heteroatoms. The Hall–Kier alpha value is -2.29. The van der Waals surface area contributed by atoms with Gasteiger partial charge in [0.25, 0.3) is 5.91 Å². The van der Waals surface area contributed by atoms with Crippen LogP contribution in [-0.2, 0) is 6.61 Å². The summed E-state index contributed by atoms with van der Waals surface area (Å²) < 4.78 is 12.3. The zero-order chi connectivity index (χ0) is 22.4. The fourth-order valence-electron chi connectivity index (χ4n) is 2.80. The van der Waals surface area contributed by atoms with Gasteiger partial charge in [0.1, 0.15) is 6.61 Å². The Morgan fingerprint density at radius 1 is 1.16 bits per heavy atom. The number of methoxy groups -OCH3 is 1. The number of ether oxygens (including phenoxy) is 2. The predicted octanol–water partition coefficient (Wildman–Crippen LogP) is 6.26. The average Bonchev–Trinajstić information content (AvgIpc) is 2.74. The lowest BCUT2D eigenvalue weighted by Crippen LogP contribution is -2.18. The predicted molar refractivity (Wildman–Crippen MR) is 133 cm³/mol. The van der Waals surface area contributed by atoms with Crippen molar-refractivity contribution in [3.63, 3.8) is 0 Å². The Kier molecular flexibility index (Phi) is 8.17. The molecule has 1 N–H and O–H groups in total. The molecule has 3 aromatic carbocycles. The zero-order valence-electron chi connectivity index (χ0n) is 16.8. The van der Waals surface area contributed by atoms with E-state index < -0.39 is 0 Å². The molecule has 0 saturated heterocycles. The number of amides is 1. The maximum absolute atomic E-state index is 12.3. The van der Waals surface area contributed by atoms with Crippen LogP contribution >= 0.6 is 45.8 Å². The standard InChI is InChI=1S/C23H19Cl2IN2O3/c1-14-5-3-4-6-18(14)23(29)28-27-12-15-9-20(26)22(21(10-15)30-2)31-13-16-7-8-17(24)11-19(16)25/h3-12H,13H2,1-2H3,(H,28,29)/b27-12+. The SMILES string of the molecule is COc1cc(/C=N/NC(=O)c2ccccc2C)cc(I)c1OCc1ccc(Cl)cc1Cl. The van der Waals surface area contributed by atoms with E-state index >= 15 is 0 Å². The van der Waals surface area contributed by atoms with Gasteiger partial charge in [0.2, 0.25) is 0 Å². The van der Waals surface area contributed by atoms with Gasteiger partial charge < -0.3 is 9.47 Å². The van der Waals surface area contributed by atoms with Gasteiger partial charge in [-0.05, 0) is 71.0 Å². The second kappa shape index (κ2) is 10.8. The maximum Gasteiger partial charge on any atom is 0.271 e. The molecule has 0 saturated carbocycles. The highest BCUT2D eigenvalue weighted by atomic mass is 127. The highest BCUT2D eigenvalue weighted by molar-refractivity contribution is 14.1. The first-order chi connectivity index (χ1) is 14.9. The third-order valence-corrected chi connectivity index (χ3v) is 5.80. The molecule has 0 aromatic heterocycles. The normalized spacial score (nSPS) is 10.9. The van der Waals surface area contributed by atoms with Gasteiger partial charge in [-0.2, -0.15) is 5.10 Å². The smallest absolute Gasteiger partial charge is 0.271 e. The van der Waals surface area contributed by atoms with E-state index in [1.54, 1.807) is 37.6 Å². The molecule has 0 spiro atoms. The number of aryl methyl sites for hydroxylation is 1. The quantitative estimate of drug-likeness (QED) is 0.208. The van der Waals surface area contributed by atoms with Crippen molar-refractivity contribution in [1.29, 1.82) is 0 Å². The maximum atomic E-state index is 12.3. The van der Waals surface area contributed by atoms with Crippen molar-refractivity contribution >= 4 is 57.9 Å². The van der Waals surface area contributed by atoms with Crippen LogP contribution in [0, 0.1) is 10.5 Å². The summed E-state index contributed by atoms with van der Waals surface area (Å²) in [6.07, 6.45) is 1.56. The van der Waals surface area contributed by atoms with Crippen LogP contribution in [0.1, 0.15) is 27.0 Å². The molecule has 0 unspecified atom stereocenters. The largest absolute Gasteiger partial charge is 0.493 e. The van der Waals surface area contributed by atoms with Gasteiger partial charge in [0.15, 0.2) is 11.5 Å². The van der Waals surface area contributed by atoms with Crippen molar-refractivity contribution in [2.75, 3.05) is 7.11 Å². The summed E-state index contributed by atoms with van der Waals surface area (Å²) in [6.45, 7) is 2.14. The molecule has 3 rings (SSSR count). The number of rotatable bonds is 7. The monoisotopic (exact) mass is 568 g/mol. The minimum Gasteiger partial charge on any atom is -0.493 e. The minimum absolute atomic E-state index is 0.266. The zero-order valence-corrected chi connectivity index (χ0v) is 20.5. The summed E-state index contributed by atoms with van der Waals surface area (Å²) in [5.74, 6) is 0.870. The van der Waals surface area contributed by atoms with E-state index in [1.807, 2.05) is 37.3 Å². The molecule has 0 aliphatic carbocycles. The van der Waals surface area contributed by atoms with Crippen molar-refractivity contribution in [2.24, 2.45) is 5.10 Å². The first-order valence-corrected chi connectivity index (χ1v) is 11.1. The van der Waals surface area contributed by atoms with Crippen LogP contribution < -0.4 is 14.9 Å². The minimum atomic E-state index is -0.268.